The number of ether oxygens (including phenoxy) is 1. The molecule has 0 radical (unpaired) electrons. The summed E-state index contributed by atoms with van der Waals surface area (Å²) in [6, 6.07) is 15.6. The molecule has 2 heterocycles. The summed E-state index contributed by atoms with van der Waals surface area (Å²) in [6.45, 7) is 0.270. The predicted octanol–water partition coefficient (Wildman–Crippen LogP) is 5.54. The Balaban J connectivity index is 1.28. The van der Waals surface area contributed by atoms with E-state index < -0.39 is 15.6 Å². The Morgan fingerprint density at radius 3 is 2.55 bits per heavy atom. The van der Waals surface area contributed by atoms with Crippen LogP contribution in [0.3, 0.4) is 0 Å². The number of aromatic nitrogens is 2. The van der Waals surface area contributed by atoms with Crippen LogP contribution in [-0.4, -0.2) is 41.2 Å². The van der Waals surface area contributed by atoms with Crippen molar-refractivity contribution in [2.45, 2.75) is 23.3 Å². The Labute approximate surface area is 224 Å². The SMILES string of the molecule is O=S(=O)(c1ccc(Oc2cccc3c2C=C=CC=C3)c2nonc12)N1CCC(O)(c2ccc(Cl)cc2)CC1. The molecule has 10 heteroatoms. The van der Waals surface area contributed by atoms with Crippen LogP contribution >= 0.6 is 11.6 Å². The molecule has 1 N–H and O–H groups in total. The number of benzene rings is 3. The number of allylic oxidation sites excluding steroid dienone is 2. The van der Waals surface area contributed by atoms with Gasteiger partial charge in [-0.05, 0) is 76.8 Å². The molecule has 1 aliphatic heterocycles. The average Bonchev–Trinajstić information content (AvgIpc) is 3.28. The molecule has 0 atom stereocenters. The Morgan fingerprint density at radius 2 is 1.76 bits per heavy atom. The van der Waals surface area contributed by atoms with Gasteiger partial charge in [0.15, 0.2) is 16.8 Å². The maximum absolute atomic E-state index is 13.6. The summed E-state index contributed by atoms with van der Waals surface area (Å²) in [5.74, 6) is 0.877. The first-order chi connectivity index (χ1) is 18.3. The van der Waals surface area contributed by atoms with E-state index in [1.54, 1.807) is 36.4 Å². The smallest absolute Gasteiger partial charge is 0.245 e. The fourth-order valence-corrected chi connectivity index (χ4v) is 6.49. The highest BCUT2D eigenvalue weighted by Crippen LogP contribution is 2.38. The van der Waals surface area contributed by atoms with Crippen LogP contribution in [0, 0.1) is 0 Å². The standard InChI is InChI=1S/C28H22ClN3O5S/c29-21-11-9-20(10-12-21)28(33)15-17-32(18-16-28)38(34,35)25-14-13-24(26-27(25)31-37-30-26)36-23-8-4-6-19-5-2-1-3-7-22(19)23/h1-2,4-14,33H,15-18H2. The first kappa shape index (κ1) is 24.6. The lowest BCUT2D eigenvalue weighted by Crippen LogP contribution is -2.45. The van der Waals surface area contributed by atoms with E-state index in [4.69, 9.17) is 21.0 Å². The van der Waals surface area contributed by atoms with Crippen molar-refractivity contribution in [1.82, 2.24) is 14.6 Å². The Kier molecular flexibility index (Phi) is 6.18. The van der Waals surface area contributed by atoms with Gasteiger partial charge in [0, 0.05) is 23.7 Å². The molecule has 0 saturated carbocycles. The quantitative estimate of drug-likeness (QED) is 0.327. The van der Waals surface area contributed by atoms with Crippen molar-refractivity contribution >= 4 is 44.8 Å². The van der Waals surface area contributed by atoms with Crippen molar-refractivity contribution in [2.24, 2.45) is 0 Å². The zero-order valence-corrected chi connectivity index (χ0v) is 21.6. The lowest BCUT2D eigenvalue weighted by molar-refractivity contribution is -0.00960. The molecule has 1 fully saturated rings. The number of aliphatic hydroxyl groups is 1. The van der Waals surface area contributed by atoms with Gasteiger partial charge in [0.25, 0.3) is 0 Å². The second-order valence-corrected chi connectivity index (χ2v) is 11.5. The largest absolute Gasteiger partial charge is 0.454 e. The Hall–Kier alpha value is -3.72. The van der Waals surface area contributed by atoms with E-state index in [1.807, 2.05) is 36.4 Å². The number of piperidine rings is 1. The van der Waals surface area contributed by atoms with Gasteiger partial charge in [-0.3, -0.25) is 0 Å². The number of rotatable bonds is 5. The number of fused-ring (bicyclic) bond motifs is 2. The molecule has 4 aromatic rings. The van der Waals surface area contributed by atoms with Crippen molar-refractivity contribution in [1.29, 1.82) is 0 Å². The summed E-state index contributed by atoms with van der Waals surface area (Å²) in [6.07, 6.45) is 7.95. The summed E-state index contributed by atoms with van der Waals surface area (Å²) >= 11 is 5.97. The fourth-order valence-electron chi connectivity index (χ4n) is 4.80. The fraction of sp³-hybridized carbons (Fsp3) is 0.179. The normalized spacial score (nSPS) is 16.9. The van der Waals surface area contributed by atoms with Crippen LogP contribution < -0.4 is 4.74 Å². The molecule has 1 aliphatic carbocycles. The molecule has 1 aromatic heterocycles. The lowest BCUT2D eigenvalue weighted by atomic mass is 9.85. The topological polar surface area (TPSA) is 106 Å². The lowest BCUT2D eigenvalue weighted by Gasteiger charge is -2.37. The zero-order valence-electron chi connectivity index (χ0n) is 20.0. The number of hydrogen-bond donors (Lipinski definition) is 1. The van der Waals surface area contributed by atoms with Gasteiger partial charge in [-0.1, -0.05) is 48.0 Å². The Morgan fingerprint density at radius 1 is 1.00 bits per heavy atom. The van der Waals surface area contributed by atoms with E-state index >= 15 is 0 Å². The third-order valence-electron chi connectivity index (χ3n) is 6.91. The monoisotopic (exact) mass is 547 g/mol. The van der Waals surface area contributed by atoms with Gasteiger partial charge >= 0.3 is 0 Å². The van der Waals surface area contributed by atoms with E-state index in [-0.39, 0.29) is 41.9 Å². The van der Waals surface area contributed by atoms with Gasteiger partial charge in [-0.25, -0.2) is 13.0 Å². The molecule has 3 aromatic carbocycles. The molecule has 0 amide bonds. The van der Waals surface area contributed by atoms with Crippen LogP contribution in [0.2, 0.25) is 5.02 Å². The second-order valence-electron chi connectivity index (χ2n) is 9.16. The first-order valence-electron chi connectivity index (χ1n) is 12.0. The predicted molar refractivity (Wildman–Crippen MR) is 143 cm³/mol. The number of sulfonamides is 1. The van der Waals surface area contributed by atoms with Crippen molar-refractivity contribution in [3.8, 4) is 11.5 Å². The van der Waals surface area contributed by atoms with Crippen LogP contribution in [0.15, 0.2) is 82.0 Å². The minimum absolute atomic E-state index is 0.0318. The third-order valence-corrected chi connectivity index (χ3v) is 9.09. The van der Waals surface area contributed by atoms with Crippen LogP contribution in [0.5, 0.6) is 11.5 Å². The molecule has 38 heavy (non-hydrogen) atoms. The van der Waals surface area contributed by atoms with Crippen LogP contribution in [0.4, 0.5) is 0 Å². The van der Waals surface area contributed by atoms with Gasteiger partial charge in [0.2, 0.25) is 10.0 Å². The summed E-state index contributed by atoms with van der Waals surface area (Å²) < 4.78 is 39.8. The molecule has 0 unspecified atom stereocenters. The van der Waals surface area contributed by atoms with Crippen LogP contribution in [-0.2, 0) is 15.6 Å². The third kappa shape index (κ3) is 4.34. The molecular formula is C28H22ClN3O5S. The summed E-state index contributed by atoms with van der Waals surface area (Å²) in [7, 11) is -3.95. The van der Waals surface area contributed by atoms with Crippen molar-refractivity contribution in [3.63, 3.8) is 0 Å². The van der Waals surface area contributed by atoms with E-state index in [2.05, 4.69) is 16.0 Å². The molecule has 1 saturated heterocycles. The number of halogens is 1. The first-order valence-corrected chi connectivity index (χ1v) is 13.8. The van der Waals surface area contributed by atoms with Crippen LogP contribution in [0.1, 0.15) is 29.5 Å². The van der Waals surface area contributed by atoms with Gasteiger partial charge in [0.05, 0.1) is 5.60 Å². The van der Waals surface area contributed by atoms with E-state index in [0.29, 0.717) is 22.1 Å². The molecule has 0 spiro atoms. The Bertz CT molecular complexity index is 1730. The van der Waals surface area contributed by atoms with Gasteiger partial charge in [-0.2, -0.15) is 4.31 Å². The average molecular weight is 548 g/mol. The van der Waals surface area contributed by atoms with E-state index in [1.165, 1.54) is 10.4 Å². The maximum atomic E-state index is 13.6. The summed E-state index contributed by atoms with van der Waals surface area (Å²) in [5.41, 5.74) is 4.72. The summed E-state index contributed by atoms with van der Waals surface area (Å²) in [5, 5.41) is 19.6. The number of hydrogen-bond acceptors (Lipinski definition) is 7. The molecule has 2 aliphatic rings. The minimum atomic E-state index is -3.95. The number of nitrogens with zero attached hydrogens (tertiary/aromatic N) is 3. The molecule has 8 nitrogen and oxygen atoms in total. The highest BCUT2D eigenvalue weighted by Gasteiger charge is 2.39. The van der Waals surface area contributed by atoms with Gasteiger partial charge < -0.3 is 9.84 Å². The van der Waals surface area contributed by atoms with Crippen LogP contribution in [0.25, 0.3) is 23.2 Å². The van der Waals surface area contributed by atoms with Crippen molar-refractivity contribution < 1.29 is 22.9 Å². The van der Waals surface area contributed by atoms with E-state index in [9.17, 15) is 13.5 Å². The zero-order chi connectivity index (χ0) is 26.3. The highest BCUT2D eigenvalue weighted by molar-refractivity contribution is 7.89. The van der Waals surface area contributed by atoms with E-state index in [0.717, 1.165) is 11.1 Å². The maximum Gasteiger partial charge on any atom is 0.245 e. The van der Waals surface area contributed by atoms with Crippen molar-refractivity contribution in [2.75, 3.05) is 13.1 Å². The molecule has 0 bridgehead atoms. The molecular weight excluding hydrogens is 526 g/mol. The minimum Gasteiger partial charge on any atom is -0.454 e. The highest BCUT2D eigenvalue weighted by atomic mass is 35.5. The molecule has 192 valence electrons. The van der Waals surface area contributed by atoms with Gasteiger partial charge in [0.1, 0.15) is 10.6 Å². The second kappa shape index (κ2) is 9.54. The summed E-state index contributed by atoms with van der Waals surface area (Å²) in [4.78, 5) is -0.0318. The molecule has 6 rings (SSSR count). The van der Waals surface area contributed by atoms with Crippen molar-refractivity contribution in [3.05, 3.63) is 94.2 Å². The van der Waals surface area contributed by atoms with Gasteiger partial charge in [-0.15, -0.1) is 5.73 Å².